The van der Waals surface area contributed by atoms with Crippen LogP contribution in [0.15, 0.2) is 36.9 Å². The number of sulfonamides is 1. The Bertz CT molecular complexity index is 736. The second-order valence-corrected chi connectivity index (χ2v) is 8.70. The Morgan fingerprint density at radius 3 is 2.74 bits per heavy atom. The van der Waals surface area contributed by atoms with E-state index in [2.05, 4.69) is 6.58 Å². The lowest BCUT2D eigenvalue weighted by atomic mass is 9.81. The molecule has 0 saturated carbocycles. The number of nitrogens with zero attached hydrogens (tertiary/aromatic N) is 2. The Hall–Kier alpha value is -1.66. The lowest BCUT2D eigenvalue weighted by Crippen LogP contribution is -2.59. The SMILES string of the molecule is C=CC(=O)N1CCC2(C1)CN(S(=O)(=O)Cc1cccc(C)c1)C2. The summed E-state index contributed by atoms with van der Waals surface area (Å²) in [7, 11) is -3.29. The Labute approximate surface area is 137 Å². The second-order valence-electron chi connectivity index (χ2n) is 6.73. The molecule has 124 valence electrons. The maximum Gasteiger partial charge on any atom is 0.245 e. The Morgan fingerprint density at radius 2 is 2.09 bits per heavy atom. The van der Waals surface area contributed by atoms with Gasteiger partial charge in [-0.2, -0.15) is 0 Å². The summed E-state index contributed by atoms with van der Waals surface area (Å²) in [5.74, 6) is -0.0250. The predicted molar refractivity (Wildman–Crippen MR) is 89.2 cm³/mol. The number of benzene rings is 1. The highest BCUT2D eigenvalue weighted by atomic mass is 32.2. The summed E-state index contributed by atoms with van der Waals surface area (Å²) in [6.45, 7) is 7.82. The highest BCUT2D eigenvalue weighted by molar-refractivity contribution is 7.88. The van der Waals surface area contributed by atoms with Gasteiger partial charge in [0.1, 0.15) is 0 Å². The molecule has 1 spiro atoms. The second kappa shape index (κ2) is 5.76. The average Bonchev–Trinajstić information content (AvgIpc) is 2.90. The molecule has 0 N–H and O–H groups in total. The Balaban J connectivity index is 1.62. The molecule has 1 aromatic carbocycles. The van der Waals surface area contributed by atoms with E-state index in [1.54, 1.807) is 9.21 Å². The quantitative estimate of drug-likeness (QED) is 0.785. The standard InChI is InChI=1S/C17H22N2O3S/c1-3-16(20)18-8-7-17(11-18)12-19(13-17)23(21,22)10-15-6-4-5-14(2)9-15/h3-6,9H,1,7-8,10-13H2,2H3. The van der Waals surface area contributed by atoms with Crippen LogP contribution in [-0.2, 0) is 20.6 Å². The molecular formula is C17H22N2O3S. The molecule has 2 aliphatic rings. The summed E-state index contributed by atoms with van der Waals surface area (Å²) < 4.78 is 26.6. The van der Waals surface area contributed by atoms with Gasteiger partial charge in [0.05, 0.1) is 5.75 Å². The van der Waals surface area contributed by atoms with Crippen molar-refractivity contribution < 1.29 is 13.2 Å². The number of hydrogen-bond acceptors (Lipinski definition) is 3. The topological polar surface area (TPSA) is 57.7 Å². The van der Waals surface area contributed by atoms with Crippen molar-refractivity contribution in [2.24, 2.45) is 5.41 Å². The molecular weight excluding hydrogens is 312 g/mol. The third-order valence-corrected chi connectivity index (χ3v) is 6.52. The van der Waals surface area contributed by atoms with E-state index in [0.29, 0.717) is 26.2 Å². The largest absolute Gasteiger partial charge is 0.338 e. The van der Waals surface area contributed by atoms with Crippen molar-refractivity contribution in [2.45, 2.75) is 19.1 Å². The van der Waals surface area contributed by atoms with Crippen LogP contribution in [0.4, 0.5) is 0 Å². The molecule has 1 amide bonds. The van der Waals surface area contributed by atoms with E-state index in [0.717, 1.165) is 17.5 Å². The zero-order valence-corrected chi connectivity index (χ0v) is 14.2. The fraction of sp³-hybridized carbons (Fsp3) is 0.471. The molecule has 0 aromatic heterocycles. The third kappa shape index (κ3) is 3.19. The zero-order valence-electron chi connectivity index (χ0n) is 13.4. The van der Waals surface area contributed by atoms with Gasteiger partial charge in [-0.25, -0.2) is 12.7 Å². The Morgan fingerprint density at radius 1 is 1.35 bits per heavy atom. The van der Waals surface area contributed by atoms with E-state index in [1.807, 2.05) is 31.2 Å². The summed E-state index contributed by atoms with van der Waals surface area (Å²) in [4.78, 5) is 13.4. The Kier molecular flexibility index (Phi) is 4.06. The molecule has 2 aliphatic heterocycles. The van der Waals surface area contributed by atoms with Crippen molar-refractivity contribution in [1.29, 1.82) is 0 Å². The first-order valence-corrected chi connectivity index (χ1v) is 9.39. The third-order valence-electron chi connectivity index (χ3n) is 4.77. The molecule has 2 fully saturated rings. The molecule has 6 heteroatoms. The van der Waals surface area contributed by atoms with Crippen LogP contribution in [0.1, 0.15) is 17.5 Å². The summed E-state index contributed by atoms with van der Waals surface area (Å²) in [6.07, 6.45) is 2.19. The monoisotopic (exact) mass is 334 g/mol. The molecule has 2 saturated heterocycles. The van der Waals surface area contributed by atoms with Crippen molar-refractivity contribution in [2.75, 3.05) is 26.2 Å². The van der Waals surface area contributed by atoms with Crippen LogP contribution in [0.2, 0.25) is 0 Å². The summed E-state index contributed by atoms with van der Waals surface area (Å²) >= 11 is 0. The highest BCUT2D eigenvalue weighted by Gasteiger charge is 2.51. The summed E-state index contributed by atoms with van der Waals surface area (Å²) in [6, 6.07) is 7.60. The van der Waals surface area contributed by atoms with E-state index >= 15 is 0 Å². The fourth-order valence-corrected chi connectivity index (χ4v) is 5.24. The first-order chi connectivity index (χ1) is 10.8. The summed E-state index contributed by atoms with van der Waals surface area (Å²) in [5.41, 5.74) is 1.83. The molecule has 0 bridgehead atoms. The van der Waals surface area contributed by atoms with Gasteiger partial charge < -0.3 is 4.90 Å². The van der Waals surface area contributed by atoms with Crippen molar-refractivity contribution in [3.8, 4) is 0 Å². The van der Waals surface area contributed by atoms with Crippen LogP contribution >= 0.6 is 0 Å². The zero-order chi connectivity index (χ0) is 16.7. The van der Waals surface area contributed by atoms with Gasteiger partial charge in [-0.1, -0.05) is 36.4 Å². The fourth-order valence-electron chi connectivity index (χ4n) is 3.51. The smallest absolute Gasteiger partial charge is 0.245 e. The minimum atomic E-state index is -3.29. The minimum Gasteiger partial charge on any atom is -0.338 e. The van der Waals surface area contributed by atoms with Gasteiger partial charge >= 0.3 is 0 Å². The van der Waals surface area contributed by atoms with E-state index < -0.39 is 10.0 Å². The lowest BCUT2D eigenvalue weighted by molar-refractivity contribution is -0.125. The molecule has 23 heavy (non-hydrogen) atoms. The first kappa shape index (κ1) is 16.2. The van der Waals surface area contributed by atoms with Crippen LogP contribution in [0.3, 0.4) is 0 Å². The van der Waals surface area contributed by atoms with E-state index in [-0.39, 0.29) is 17.1 Å². The molecule has 2 heterocycles. The number of aryl methyl sites for hydroxylation is 1. The molecule has 0 radical (unpaired) electrons. The van der Waals surface area contributed by atoms with Crippen LogP contribution < -0.4 is 0 Å². The number of hydrogen-bond donors (Lipinski definition) is 0. The van der Waals surface area contributed by atoms with Gasteiger partial charge in [-0.15, -0.1) is 0 Å². The van der Waals surface area contributed by atoms with Crippen molar-refractivity contribution in [1.82, 2.24) is 9.21 Å². The van der Waals surface area contributed by atoms with Crippen molar-refractivity contribution in [3.63, 3.8) is 0 Å². The molecule has 3 rings (SSSR count). The van der Waals surface area contributed by atoms with E-state index in [4.69, 9.17) is 0 Å². The van der Waals surface area contributed by atoms with Crippen LogP contribution in [0, 0.1) is 12.3 Å². The number of carbonyl (C=O) groups is 1. The van der Waals surface area contributed by atoms with Gasteiger partial charge in [0.15, 0.2) is 0 Å². The molecule has 0 atom stereocenters. The van der Waals surface area contributed by atoms with Crippen LogP contribution in [-0.4, -0.2) is 49.7 Å². The van der Waals surface area contributed by atoms with Gasteiger partial charge in [-0.05, 0) is 25.0 Å². The van der Waals surface area contributed by atoms with Crippen LogP contribution in [0.25, 0.3) is 0 Å². The number of amides is 1. The van der Waals surface area contributed by atoms with Gasteiger partial charge in [0.2, 0.25) is 15.9 Å². The predicted octanol–water partition coefficient (Wildman–Crippen LogP) is 1.55. The van der Waals surface area contributed by atoms with Gasteiger partial charge in [-0.3, -0.25) is 4.79 Å². The molecule has 5 nitrogen and oxygen atoms in total. The van der Waals surface area contributed by atoms with Crippen LogP contribution in [0.5, 0.6) is 0 Å². The van der Waals surface area contributed by atoms with E-state index in [1.165, 1.54) is 6.08 Å². The highest BCUT2D eigenvalue weighted by Crippen LogP contribution is 2.41. The maximum absolute atomic E-state index is 12.5. The van der Waals surface area contributed by atoms with E-state index in [9.17, 15) is 13.2 Å². The number of rotatable bonds is 4. The lowest BCUT2D eigenvalue weighted by Gasteiger charge is -2.46. The minimum absolute atomic E-state index is 0.0417. The molecule has 0 unspecified atom stereocenters. The molecule has 0 aliphatic carbocycles. The van der Waals surface area contributed by atoms with Gasteiger partial charge in [0, 0.05) is 31.6 Å². The summed E-state index contributed by atoms with van der Waals surface area (Å²) in [5, 5.41) is 0. The first-order valence-electron chi connectivity index (χ1n) is 7.78. The normalized spacial score (nSPS) is 20.5. The average molecular weight is 334 g/mol. The number of carbonyl (C=O) groups excluding carboxylic acids is 1. The number of likely N-dealkylation sites (tertiary alicyclic amines) is 1. The van der Waals surface area contributed by atoms with Crippen molar-refractivity contribution >= 4 is 15.9 Å². The van der Waals surface area contributed by atoms with Gasteiger partial charge in [0.25, 0.3) is 0 Å². The maximum atomic E-state index is 12.5. The van der Waals surface area contributed by atoms with Crippen molar-refractivity contribution in [3.05, 3.63) is 48.0 Å². The molecule has 1 aromatic rings.